The molecule has 4 nitrogen and oxygen atoms in total. The Labute approximate surface area is 94.7 Å². The van der Waals surface area contributed by atoms with Crippen LogP contribution in [0.1, 0.15) is 54.7 Å². The fourth-order valence-electron chi connectivity index (χ4n) is 2.25. The van der Waals surface area contributed by atoms with Crippen LogP contribution >= 0.6 is 0 Å². The van der Waals surface area contributed by atoms with Gasteiger partial charge in [-0.2, -0.15) is 0 Å². The maximum atomic E-state index is 10.6. The lowest BCUT2D eigenvalue weighted by Gasteiger charge is -2.25. The highest BCUT2D eigenvalue weighted by molar-refractivity contribution is 5.82. The Balaban J connectivity index is 2.07. The standard InChI is InChI=1S/C12H16N2O2/c1-8-2-4-9(5-3-8)10-6-13-11(12(15)16)14-7-10/h6-9H,2-5H2,1H3,(H,15,16). The van der Waals surface area contributed by atoms with Gasteiger partial charge in [0.1, 0.15) is 0 Å². The van der Waals surface area contributed by atoms with Gasteiger partial charge in [0, 0.05) is 12.4 Å². The number of rotatable bonds is 2. The first-order chi connectivity index (χ1) is 7.66. The predicted octanol–water partition coefficient (Wildman–Crippen LogP) is 2.47. The summed E-state index contributed by atoms with van der Waals surface area (Å²) < 4.78 is 0. The van der Waals surface area contributed by atoms with Crippen molar-refractivity contribution in [2.45, 2.75) is 38.5 Å². The first-order valence-electron chi connectivity index (χ1n) is 5.72. The third-order valence-corrected chi connectivity index (χ3v) is 3.35. The monoisotopic (exact) mass is 220 g/mol. The van der Waals surface area contributed by atoms with E-state index >= 15 is 0 Å². The summed E-state index contributed by atoms with van der Waals surface area (Å²) in [6, 6.07) is 0. The van der Waals surface area contributed by atoms with Gasteiger partial charge in [-0.05, 0) is 30.2 Å². The summed E-state index contributed by atoms with van der Waals surface area (Å²) >= 11 is 0. The van der Waals surface area contributed by atoms with E-state index in [1.165, 1.54) is 12.8 Å². The normalized spacial score (nSPS) is 25.3. The number of aromatic nitrogens is 2. The van der Waals surface area contributed by atoms with Crippen molar-refractivity contribution in [3.8, 4) is 0 Å². The highest BCUT2D eigenvalue weighted by atomic mass is 16.4. The van der Waals surface area contributed by atoms with Gasteiger partial charge in [0.15, 0.2) is 0 Å². The minimum absolute atomic E-state index is 0.118. The molecule has 1 heterocycles. The van der Waals surface area contributed by atoms with Crippen LogP contribution in [0.15, 0.2) is 12.4 Å². The molecule has 0 atom stereocenters. The Kier molecular flexibility index (Phi) is 3.17. The van der Waals surface area contributed by atoms with Crippen molar-refractivity contribution in [2.75, 3.05) is 0 Å². The maximum Gasteiger partial charge on any atom is 0.373 e. The van der Waals surface area contributed by atoms with Gasteiger partial charge >= 0.3 is 5.97 Å². The van der Waals surface area contributed by atoms with E-state index in [-0.39, 0.29) is 5.82 Å². The summed E-state index contributed by atoms with van der Waals surface area (Å²) in [6.07, 6.45) is 8.14. The Morgan fingerprint density at radius 1 is 1.25 bits per heavy atom. The minimum atomic E-state index is -1.07. The van der Waals surface area contributed by atoms with Crippen molar-refractivity contribution in [3.05, 3.63) is 23.8 Å². The summed E-state index contributed by atoms with van der Waals surface area (Å²) in [5.74, 6) is 0.145. The second kappa shape index (κ2) is 4.60. The minimum Gasteiger partial charge on any atom is -0.475 e. The molecule has 16 heavy (non-hydrogen) atoms. The molecule has 1 N–H and O–H groups in total. The third kappa shape index (κ3) is 2.38. The SMILES string of the molecule is CC1CCC(c2cnc(C(=O)O)nc2)CC1. The van der Waals surface area contributed by atoms with Crippen LogP contribution in [0.4, 0.5) is 0 Å². The number of carboxylic acid groups (broad SMARTS) is 1. The predicted molar refractivity (Wildman–Crippen MR) is 59.4 cm³/mol. The molecule has 1 aliphatic carbocycles. The smallest absolute Gasteiger partial charge is 0.373 e. The van der Waals surface area contributed by atoms with Crippen LogP contribution in [0.3, 0.4) is 0 Å². The van der Waals surface area contributed by atoms with Crippen molar-refractivity contribution in [1.29, 1.82) is 0 Å². The summed E-state index contributed by atoms with van der Waals surface area (Å²) in [5, 5.41) is 8.70. The average molecular weight is 220 g/mol. The first-order valence-corrected chi connectivity index (χ1v) is 5.72. The summed E-state index contributed by atoms with van der Waals surface area (Å²) in [4.78, 5) is 18.3. The zero-order chi connectivity index (χ0) is 11.5. The van der Waals surface area contributed by atoms with Gasteiger partial charge in [-0.15, -0.1) is 0 Å². The molecule has 0 radical (unpaired) electrons. The lowest BCUT2D eigenvalue weighted by molar-refractivity contribution is 0.0683. The highest BCUT2D eigenvalue weighted by Crippen LogP contribution is 2.34. The fourth-order valence-corrected chi connectivity index (χ4v) is 2.25. The zero-order valence-corrected chi connectivity index (χ0v) is 9.39. The van der Waals surface area contributed by atoms with Crippen LogP contribution < -0.4 is 0 Å². The van der Waals surface area contributed by atoms with Crippen LogP contribution in [-0.4, -0.2) is 21.0 Å². The van der Waals surface area contributed by atoms with Gasteiger partial charge in [-0.25, -0.2) is 14.8 Å². The number of carbonyl (C=O) groups is 1. The van der Waals surface area contributed by atoms with E-state index in [4.69, 9.17) is 5.11 Å². The van der Waals surface area contributed by atoms with Crippen LogP contribution in [-0.2, 0) is 0 Å². The van der Waals surface area contributed by atoms with E-state index in [2.05, 4.69) is 16.9 Å². The molecule has 4 heteroatoms. The fraction of sp³-hybridized carbons (Fsp3) is 0.583. The Bertz CT molecular complexity index is 367. The second-order valence-electron chi connectivity index (χ2n) is 4.60. The molecule has 0 bridgehead atoms. The van der Waals surface area contributed by atoms with Crippen molar-refractivity contribution in [3.63, 3.8) is 0 Å². The summed E-state index contributed by atoms with van der Waals surface area (Å²) in [5.41, 5.74) is 1.08. The Morgan fingerprint density at radius 2 is 1.81 bits per heavy atom. The zero-order valence-electron chi connectivity index (χ0n) is 9.39. The van der Waals surface area contributed by atoms with E-state index < -0.39 is 5.97 Å². The van der Waals surface area contributed by atoms with Crippen LogP contribution in [0.5, 0.6) is 0 Å². The van der Waals surface area contributed by atoms with E-state index in [9.17, 15) is 4.79 Å². The second-order valence-corrected chi connectivity index (χ2v) is 4.60. The molecule has 1 aromatic rings. The molecule has 1 fully saturated rings. The van der Waals surface area contributed by atoms with Gasteiger partial charge in [0.25, 0.3) is 0 Å². The van der Waals surface area contributed by atoms with E-state index in [0.717, 1.165) is 24.3 Å². The summed E-state index contributed by atoms with van der Waals surface area (Å²) in [7, 11) is 0. The van der Waals surface area contributed by atoms with E-state index in [1.807, 2.05) is 0 Å². The Morgan fingerprint density at radius 3 is 2.31 bits per heavy atom. The van der Waals surface area contributed by atoms with Crippen LogP contribution in [0.25, 0.3) is 0 Å². The lowest BCUT2D eigenvalue weighted by Crippen LogP contribution is -2.12. The van der Waals surface area contributed by atoms with Crippen LogP contribution in [0.2, 0.25) is 0 Å². The highest BCUT2D eigenvalue weighted by Gasteiger charge is 2.20. The van der Waals surface area contributed by atoms with E-state index in [1.54, 1.807) is 12.4 Å². The Hall–Kier alpha value is -1.45. The molecule has 0 unspecified atom stereocenters. The molecule has 0 amide bonds. The molecular formula is C12H16N2O2. The lowest BCUT2D eigenvalue weighted by atomic mass is 9.80. The molecule has 2 rings (SSSR count). The number of carboxylic acids is 1. The molecule has 0 aliphatic heterocycles. The van der Waals surface area contributed by atoms with Crippen molar-refractivity contribution in [2.24, 2.45) is 5.92 Å². The number of hydrogen-bond donors (Lipinski definition) is 1. The van der Waals surface area contributed by atoms with Crippen molar-refractivity contribution < 1.29 is 9.90 Å². The number of hydrogen-bond acceptors (Lipinski definition) is 3. The molecule has 86 valence electrons. The molecule has 1 saturated carbocycles. The van der Waals surface area contributed by atoms with Gasteiger partial charge in [-0.1, -0.05) is 19.8 Å². The third-order valence-electron chi connectivity index (χ3n) is 3.35. The molecule has 1 aliphatic rings. The van der Waals surface area contributed by atoms with Gasteiger partial charge in [0.2, 0.25) is 5.82 Å². The van der Waals surface area contributed by atoms with Crippen molar-refractivity contribution in [1.82, 2.24) is 9.97 Å². The first kappa shape index (κ1) is 11.0. The number of aromatic carboxylic acids is 1. The molecule has 0 saturated heterocycles. The molecule has 1 aromatic heterocycles. The molecule has 0 aromatic carbocycles. The van der Waals surface area contributed by atoms with Gasteiger partial charge in [0.05, 0.1) is 0 Å². The quantitative estimate of drug-likeness (QED) is 0.831. The molecule has 0 spiro atoms. The topological polar surface area (TPSA) is 63.1 Å². The maximum absolute atomic E-state index is 10.6. The van der Waals surface area contributed by atoms with Gasteiger partial charge in [-0.3, -0.25) is 0 Å². The molecular weight excluding hydrogens is 204 g/mol. The average Bonchev–Trinajstić information content (AvgIpc) is 2.30. The summed E-state index contributed by atoms with van der Waals surface area (Å²) in [6.45, 7) is 2.28. The van der Waals surface area contributed by atoms with E-state index in [0.29, 0.717) is 5.92 Å². The van der Waals surface area contributed by atoms with Crippen LogP contribution in [0, 0.1) is 5.92 Å². The number of nitrogens with zero attached hydrogens (tertiary/aromatic N) is 2. The van der Waals surface area contributed by atoms with Crippen molar-refractivity contribution >= 4 is 5.97 Å². The largest absolute Gasteiger partial charge is 0.475 e. The van der Waals surface area contributed by atoms with Gasteiger partial charge < -0.3 is 5.11 Å².